The highest BCUT2D eigenvalue weighted by atomic mass is 32.2. The van der Waals surface area contributed by atoms with Gasteiger partial charge in [-0.3, -0.25) is 0 Å². The quantitative estimate of drug-likeness (QED) is 0.793. The molecule has 1 aliphatic heterocycles. The number of unbranched alkanes of at least 4 members (excludes halogenated alkanes) is 1. The Bertz CT molecular complexity index is 907. The second kappa shape index (κ2) is 7.87. The van der Waals surface area contributed by atoms with Crippen molar-refractivity contribution in [2.45, 2.75) is 19.4 Å². The number of benzene rings is 2. The van der Waals surface area contributed by atoms with Crippen LogP contribution in [0.4, 0.5) is 11.4 Å². The maximum absolute atomic E-state index is 13.3. The molecule has 136 valence electrons. The van der Waals surface area contributed by atoms with E-state index in [9.17, 15) is 13.7 Å². The minimum Gasteiger partial charge on any atom is -0.320 e. The zero-order valence-electron chi connectivity index (χ0n) is 14.7. The van der Waals surface area contributed by atoms with Crippen LogP contribution in [0.15, 0.2) is 48.5 Å². The maximum atomic E-state index is 13.3. The number of anilines is 2. The van der Waals surface area contributed by atoms with E-state index in [-0.39, 0.29) is 6.54 Å². The van der Waals surface area contributed by atoms with Gasteiger partial charge in [-0.15, -0.1) is 0 Å². The van der Waals surface area contributed by atoms with E-state index in [2.05, 4.69) is 11.4 Å². The Morgan fingerprint density at radius 3 is 2.62 bits per heavy atom. The van der Waals surface area contributed by atoms with Crippen molar-refractivity contribution >= 4 is 21.6 Å². The summed E-state index contributed by atoms with van der Waals surface area (Å²) in [5.74, 6) is 0. The van der Waals surface area contributed by atoms with Gasteiger partial charge in [0, 0.05) is 13.1 Å². The molecule has 1 aliphatic rings. The van der Waals surface area contributed by atoms with Crippen molar-refractivity contribution in [1.29, 1.82) is 5.26 Å². The molecule has 2 aromatic carbocycles. The lowest BCUT2D eigenvalue weighted by molar-refractivity contribution is 0.389. The van der Waals surface area contributed by atoms with Gasteiger partial charge in [0.2, 0.25) is 0 Å². The third-order valence-electron chi connectivity index (χ3n) is 4.41. The van der Waals surface area contributed by atoms with Crippen molar-refractivity contribution in [2.24, 2.45) is 0 Å². The van der Waals surface area contributed by atoms with Crippen molar-refractivity contribution in [2.75, 3.05) is 24.4 Å². The van der Waals surface area contributed by atoms with Gasteiger partial charge in [0.15, 0.2) is 0 Å². The number of rotatable bonds is 6. The zero-order chi connectivity index (χ0) is 18.6. The molecule has 7 heteroatoms. The molecule has 26 heavy (non-hydrogen) atoms. The van der Waals surface area contributed by atoms with Gasteiger partial charge in [-0.1, -0.05) is 18.2 Å². The second-order valence-electron chi connectivity index (χ2n) is 6.21. The van der Waals surface area contributed by atoms with E-state index in [0.29, 0.717) is 23.5 Å². The molecule has 1 N–H and O–H groups in total. The van der Waals surface area contributed by atoms with Gasteiger partial charge in [0.1, 0.15) is 0 Å². The van der Waals surface area contributed by atoms with Gasteiger partial charge in [0.05, 0.1) is 23.0 Å². The minimum atomic E-state index is -3.67. The summed E-state index contributed by atoms with van der Waals surface area (Å²) in [4.78, 5) is 0. The van der Waals surface area contributed by atoms with Gasteiger partial charge in [-0.2, -0.15) is 18.0 Å². The Hall–Kier alpha value is -2.40. The third-order valence-corrected chi connectivity index (χ3v) is 6.24. The molecule has 0 spiro atoms. The monoisotopic (exact) mass is 370 g/mol. The van der Waals surface area contributed by atoms with Crippen LogP contribution < -0.4 is 9.62 Å². The number of nitriles is 1. The highest BCUT2D eigenvalue weighted by Crippen LogP contribution is 2.38. The van der Waals surface area contributed by atoms with Crippen molar-refractivity contribution in [3.8, 4) is 6.07 Å². The first-order chi connectivity index (χ1) is 12.6. The standard InChI is InChI=1S/C19H22N4O2S/c1-21-11-5-6-12-22-15-17-13-16(14-20)9-10-19(17)23(26(22,24)25)18-7-3-2-4-8-18/h2-4,7-10,13,21H,5-6,11-12,15H2,1H3. The number of hydrogen-bond acceptors (Lipinski definition) is 4. The molecule has 0 radical (unpaired) electrons. The van der Waals surface area contributed by atoms with Crippen LogP contribution >= 0.6 is 0 Å². The Kier molecular flexibility index (Phi) is 5.57. The van der Waals surface area contributed by atoms with Crippen molar-refractivity contribution in [1.82, 2.24) is 9.62 Å². The van der Waals surface area contributed by atoms with Crippen molar-refractivity contribution in [3.05, 3.63) is 59.7 Å². The lowest BCUT2D eigenvalue weighted by atomic mass is 10.1. The predicted molar refractivity (Wildman–Crippen MR) is 102 cm³/mol. The lowest BCUT2D eigenvalue weighted by Gasteiger charge is -2.37. The average molecular weight is 370 g/mol. The fourth-order valence-electron chi connectivity index (χ4n) is 3.11. The summed E-state index contributed by atoms with van der Waals surface area (Å²) in [6, 6.07) is 16.3. The Balaban J connectivity index is 2.02. The van der Waals surface area contributed by atoms with Gasteiger partial charge in [0.25, 0.3) is 0 Å². The molecule has 3 rings (SSSR count). The summed E-state index contributed by atoms with van der Waals surface area (Å²) in [7, 11) is -1.79. The summed E-state index contributed by atoms with van der Waals surface area (Å²) >= 11 is 0. The molecule has 0 amide bonds. The molecule has 0 aromatic heterocycles. The van der Waals surface area contributed by atoms with Crippen LogP contribution in [-0.2, 0) is 16.8 Å². The number of hydrogen-bond donors (Lipinski definition) is 1. The first kappa shape index (κ1) is 18.4. The molecular weight excluding hydrogens is 348 g/mol. The smallest absolute Gasteiger partial charge is 0.308 e. The molecule has 0 saturated carbocycles. The fraction of sp³-hybridized carbons (Fsp3) is 0.316. The fourth-order valence-corrected chi connectivity index (χ4v) is 4.82. The van der Waals surface area contributed by atoms with Gasteiger partial charge < -0.3 is 5.32 Å². The number of nitrogens with one attached hydrogen (secondary N) is 1. The van der Waals surface area contributed by atoms with Crippen LogP contribution in [0.3, 0.4) is 0 Å². The molecule has 0 atom stereocenters. The summed E-state index contributed by atoms with van der Waals surface area (Å²) in [5.41, 5.74) is 2.59. The maximum Gasteiger partial charge on any atom is 0.308 e. The van der Waals surface area contributed by atoms with E-state index in [4.69, 9.17) is 0 Å². The molecular formula is C19H22N4O2S. The first-order valence-electron chi connectivity index (χ1n) is 8.61. The number of nitrogens with zero attached hydrogens (tertiary/aromatic N) is 3. The van der Waals surface area contributed by atoms with Crippen LogP contribution in [0.2, 0.25) is 0 Å². The van der Waals surface area contributed by atoms with Gasteiger partial charge >= 0.3 is 10.2 Å². The largest absolute Gasteiger partial charge is 0.320 e. The van der Waals surface area contributed by atoms with Crippen LogP contribution in [0.25, 0.3) is 0 Å². The number of para-hydroxylation sites is 1. The Morgan fingerprint density at radius 1 is 1.15 bits per heavy atom. The molecule has 0 unspecified atom stereocenters. The van der Waals surface area contributed by atoms with Crippen LogP contribution in [-0.4, -0.2) is 32.9 Å². The minimum absolute atomic E-state index is 0.288. The second-order valence-corrected chi connectivity index (χ2v) is 7.98. The van der Waals surface area contributed by atoms with Crippen LogP contribution in [0.5, 0.6) is 0 Å². The average Bonchev–Trinajstić information content (AvgIpc) is 2.65. The SMILES string of the molecule is CNCCCCN1Cc2cc(C#N)ccc2N(c2ccccc2)S1(=O)=O. The summed E-state index contributed by atoms with van der Waals surface area (Å²) in [5, 5.41) is 12.3. The third kappa shape index (κ3) is 3.58. The molecule has 0 saturated heterocycles. The van der Waals surface area contributed by atoms with Gasteiger partial charge in [-0.05, 0) is 62.3 Å². The predicted octanol–water partition coefficient (Wildman–Crippen LogP) is 2.76. The first-order valence-corrected chi connectivity index (χ1v) is 10.0. The van der Waals surface area contributed by atoms with Gasteiger partial charge in [-0.25, -0.2) is 4.31 Å². The summed E-state index contributed by atoms with van der Waals surface area (Å²) in [6.07, 6.45) is 1.68. The highest BCUT2D eigenvalue weighted by molar-refractivity contribution is 7.90. The summed E-state index contributed by atoms with van der Waals surface area (Å²) < 4.78 is 29.4. The Labute approximate surface area is 154 Å². The molecule has 0 bridgehead atoms. The number of fused-ring (bicyclic) bond motifs is 1. The normalized spacial score (nSPS) is 16.1. The Morgan fingerprint density at radius 2 is 1.92 bits per heavy atom. The van der Waals surface area contributed by atoms with Crippen LogP contribution in [0, 0.1) is 11.3 Å². The van der Waals surface area contributed by atoms with E-state index in [1.807, 2.05) is 25.2 Å². The van der Waals surface area contributed by atoms with Crippen molar-refractivity contribution in [3.63, 3.8) is 0 Å². The van der Waals surface area contributed by atoms with Crippen LogP contribution in [0.1, 0.15) is 24.0 Å². The van der Waals surface area contributed by atoms with Crippen molar-refractivity contribution < 1.29 is 8.42 Å². The molecule has 6 nitrogen and oxygen atoms in total. The van der Waals surface area contributed by atoms with E-state index >= 15 is 0 Å². The lowest BCUT2D eigenvalue weighted by Crippen LogP contribution is -2.45. The van der Waals surface area contributed by atoms with E-state index < -0.39 is 10.2 Å². The molecule has 0 aliphatic carbocycles. The molecule has 2 aromatic rings. The highest BCUT2D eigenvalue weighted by Gasteiger charge is 2.37. The van der Waals surface area contributed by atoms with E-state index in [0.717, 1.165) is 24.9 Å². The van der Waals surface area contributed by atoms with E-state index in [1.54, 1.807) is 30.3 Å². The molecule has 1 heterocycles. The molecule has 0 fully saturated rings. The summed E-state index contributed by atoms with van der Waals surface area (Å²) in [6.45, 7) is 1.59. The topological polar surface area (TPSA) is 76.4 Å². The zero-order valence-corrected chi connectivity index (χ0v) is 15.5. The van der Waals surface area contributed by atoms with E-state index in [1.165, 1.54) is 8.61 Å².